The van der Waals surface area contributed by atoms with E-state index in [1.54, 1.807) is 11.9 Å². The van der Waals surface area contributed by atoms with Crippen molar-refractivity contribution in [1.82, 2.24) is 24.9 Å². The molecule has 0 radical (unpaired) electrons. The Morgan fingerprint density at radius 3 is 3.04 bits per heavy atom. The van der Waals surface area contributed by atoms with Crippen LogP contribution in [0.15, 0.2) is 22.9 Å². The number of carbonyl (C=O) groups excluding carboxylic acids is 2. The topological polar surface area (TPSA) is 93.3 Å². The smallest absolute Gasteiger partial charge is 0.246 e. The third kappa shape index (κ3) is 3.10. The Bertz CT molecular complexity index is 720. The lowest BCUT2D eigenvalue weighted by molar-refractivity contribution is -0.128. The van der Waals surface area contributed by atoms with Crippen LogP contribution in [0.4, 0.5) is 0 Å². The minimum atomic E-state index is -0.313. The van der Waals surface area contributed by atoms with E-state index in [-0.39, 0.29) is 30.7 Å². The normalized spacial score (nSPS) is 17.7. The molecule has 0 aromatic carbocycles. The Morgan fingerprint density at radius 1 is 1.52 bits per heavy atom. The van der Waals surface area contributed by atoms with Crippen molar-refractivity contribution in [2.45, 2.75) is 26.4 Å². The van der Waals surface area contributed by atoms with Crippen LogP contribution < -0.4 is 5.32 Å². The monoisotopic (exact) mass is 317 g/mol. The molecule has 3 heterocycles. The third-order valence-electron chi connectivity index (χ3n) is 3.99. The number of nitrogens with one attached hydrogen (secondary N) is 1. The van der Waals surface area contributed by atoms with Crippen molar-refractivity contribution in [3.63, 3.8) is 0 Å². The van der Waals surface area contributed by atoms with Crippen molar-refractivity contribution < 1.29 is 14.1 Å². The zero-order valence-corrected chi connectivity index (χ0v) is 13.2. The lowest BCUT2D eigenvalue weighted by atomic mass is 10.1. The molecular formula is C15H19N5O3. The van der Waals surface area contributed by atoms with Gasteiger partial charge in [0.05, 0.1) is 18.2 Å². The van der Waals surface area contributed by atoms with Crippen molar-refractivity contribution in [3.05, 3.63) is 24.2 Å². The summed E-state index contributed by atoms with van der Waals surface area (Å²) in [7, 11) is 1.70. The van der Waals surface area contributed by atoms with Gasteiger partial charge in [0.2, 0.25) is 23.5 Å². The number of rotatable bonds is 5. The van der Waals surface area contributed by atoms with Gasteiger partial charge in [-0.05, 0) is 19.1 Å². The standard InChI is InChI=1S/C15H19N5O3/c1-3-20-6-4-5-11(20)14-17-12(23-18-14)8-16-15(22)10-7-13(21)19(2)9-10/h4-6,10H,3,7-9H2,1-2H3,(H,16,22). The molecule has 2 amide bonds. The van der Waals surface area contributed by atoms with Gasteiger partial charge < -0.3 is 19.3 Å². The second kappa shape index (κ2) is 6.23. The average Bonchev–Trinajstić information content (AvgIpc) is 3.25. The maximum absolute atomic E-state index is 12.1. The molecule has 0 saturated carbocycles. The number of aryl methyl sites for hydroxylation is 1. The van der Waals surface area contributed by atoms with Crippen molar-refractivity contribution in [3.8, 4) is 11.5 Å². The summed E-state index contributed by atoms with van der Waals surface area (Å²) in [6.45, 7) is 3.45. The van der Waals surface area contributed by atoms with Crippen LogP contribution in [0.1, 0.15) is 19.2 Å². The molecule has 1 aliphatic rings. The lowest BCUT2D eigenvalue weighted by Gasteiger charge is -2.09. The molecule has 8 heteroatoms. The van der Waals surface area contributed by atoms with E-state index < -0.39 is 0 Å². The lowest BCUT2D eigenvalue weighted by Crippen LogP contribution is -2.31. The van der Waals surface area contributed by atoms with Gasteiger partial charge in [0.1, 0.15) is 0 Å². The average molecular weight is 317 g/mol. The van der Waals surface area contributed by atoms with Gasteiger partial charge in [0.15, 0.2) is 0 Å². The number of hydrogen-bond donors (Lipinski definition) is 1. The molecule has 0 bridgehead atoms. The van der Waals surface area contributed by atoms with Gasteiger partial charge in [0, 0.05) is 32.8 Å². The minimum absolute atomic E-state index is 0.00875. The highest BCUT2D eigenvalue weighted by molar-refractivity contribution is 5.89. The van der Waals surface area contributed by atoms with E-state index in [1.165, 1.54) is 0 Å². The van der Waals surface area contributed by atoms with Crippen LogP contribution in [0.3, 0.4) is 0 Å². The third-order valence-corrected chi connectivity index (χ3v) is 3.99. The van der Waals surface area contributed by atoms with Gasteiger partial charge in [-0.3, -0.25) is 9.59 Å². The molecule has 23 heavy (non-hydrogen) atoms. The summed E-state index contributed by atoms with van der Waals surface area (Å²) in [4.78, 5) is 29.4. The predicted octanol–water partition coefficient (Wildman–Crippen LogP) is 0.652. The van der Waals surface area contributed by atoms with Gasteiger partial charge in [-0.1, -0.05) is 5.16 Å². The Hall–Kier alpha value is -2.64. The SMILES string of the molecule is CCn1cccc1-c1noc(CNC(=O)C2CC(=O)N(C)C2)n1. The van der Waals surface area contributed by atoms with Crippen LogP contribution in [0, 0.1) is 5.92 Å². The van der Waals surface area contributed by atoms with Crippen LogP contribution in [-0.2, 0) is 22.7 Å². The fraction of sp³-hybridized carbons (Fsp3) is 0.467. The number of nitrogens with zero attached hydrogens (tertiary/aromatic N) is 4. The van der Waals surface area contributed by atoms with Crippen molar-refractivity contribution in [2.24, 2.45) is 5.92 Å². The first kappa shape index (κ1) is 15.3. The molecule has 2 aromatic heterocycles. The van der Waals surface area contributed by atoms with Crippen molar-refractivity contribution >= 4 is 11.8 Å². The number of hydrogen-bond acceptors (Lipinski definition) is 5. The summed E-state index contributed by atoms with van der Waals surface area (Å²) in [5, 5.41) is 6.69. The van der Waals surface area contributed by atoms with Gasteiger partial charge in [-0.15, -0.1) is 0 Å². The summed E-state index contributed by atoms with van der Waals surface area (Å²) >= 11 is 0. The van der Waals surface area contributed by atoms with Crippen LogP contribution in [0.25, 0.3) is 11.5 Å². The van der Waals surface area contributed by atoms with E-state index >= 15 is 0 Å². The molecule has 3 rings (SSSR count). The summed E-state index contributed by atoms with van der Waals surface area (Å²) < 4.78 is 7.18. The molecule has 1 fully saturated rings. The highest BCUT2D eigenvalue weighted by Gasteiger charge is 2.32. The quantitative estimate of drug-likeness (QED) is 0.874. The zero-order valence-electron chi connectivity index (χ0n) is 13.2. The predicted molar refractivity (Wildman–Crippen MR) is 81.0 cm³/mol. The van der Waals surface area contributed by atoms with Crippen molar-refractivity contribution in [2.75, 3.05) is 13.6 Å². The summed E-state index contributed by atoms with van der Waals surface area (Å²) in [6.07, 6.45) is 2.20. The van der Waals surface area contributed by atoms with Crippen LogP contribution in [0.5, 0.6) is 0 Å². The summed E-state index contributed by atoms with van der Waals surface area (Å²) in [5.41, 5.74) is 0.872. The first-order chi connectivity index (χ1) is 11.1. The van der Waals surface area contributed by atoms with E-state index in [1.807, 2.05) is 29.8 Å². The largest absolute Gasteiger partial charge is 0.347 e. The Kier molecular flexibility index (Phi) is 4.14. The van der Waals surface area contributed by atoms with Gasteiger partial charge in [-0.2, -0.15) is 4.98 Å². The molecule has 122 valence electrons. The fourth-order valence-electron chi connectivity index (χ4n) is 2.67. The zero-order chi connectivity index (χ0) is 16.4. The van der Waals surface area contributed by atoms with Crippen molar-refractivity contribution in [1.29, 1.82) is 0 Å². The second-order valence-electron chi connectivity index (χ2n) is 5.58. The van der Waals surface area contributed by atoms with Crippen LogP contribution in [-0.4, -0.2) is 45.0 Å². The molecule has 1 unspecified atom stereocenters. The molecule has 0 spiro atoms. The second-order valence-corrected chi connectivity index (χ2v) is 5.58. The van der Waals surface area contributed by atoms with Crippen LogP contribution in [0.2, 0.25) is 0 Å². The molecule has 2 aromatic rings. The van der Waals surface area contributed by atoms with Crippen LogP contribution >= 0.6 is 0 Å². The highest BCUT2D eigenvalue weighted by atomic mass is 16.5. The van der Waals surface area contributed by atoms with Gasteiger partial charge in [0.25, 0.3) is 0 Å². The molecular weight excluding hydrogens is 298 g/mol. The maximum atomic E-state index is 12.1. The Morgan fingerprint density at radius 2 is 2.35 bits per heavy atom. The fourth-order valence-corrected chi connectivity index (χ4v) is 2.67. The molecule has 1 atom stereocenters. The Balaban J connectivity index is 1.59. The number of carbonyl (C=O) groups is 2. The van der Waals surface area contributed by atoms with E-state index in [0.29, 0.717) is 18.3 Å². The Labute approximate surface area is 133 Å². The minimum Gasteiger partial charge on any atom is -0.347 e. The highest BCUT2D eigenvalue weighted by Crippen LogP contribution is 2.18. The summed E-state index contributed by atoms with van der Waals surface area (Å²) in [6, 6.07) is 3.83. The molecule has 1 aliphatic heterocycles. The van der Waals surface area contributed by atoms with E-state index in [9.17, 15) is 9.59 Å². The van der Waals surface area contributed by atoms with Gasteiger partial charge in [-0.25, -0.2) is 0 Å². The number of aromatic nitrogens is 3. The first-order valence-corrected chi connectivity index (χ1v) is 7.58. The molecule has 8 nitrogen and oxygen atoms in total. The van der Waals surface area contributed by atoms with E-state index in [0.717, 1.165) is 12.2 Å². The van der Waals surface area contributed by atoms with E-state index in [2.05, 4.69) is 15.5 Å². The molecule has 1 N–H and O–H groups in total. The first-order valence-electron chi connectivity index (χ1n) is 7.58. The van der Waals surface area contributed by atoms with Gasteiger partial charge >= 0.3 is 0 Å². The summed E-state index contributed by atoms with van der Waals surface area (Å²) in [5.74, 6) is 0.351. The number of likely N-dealkylation sites (tertiary alicyclic amines) is 1. The molecule has 0 aliphatic carbocycles. The van der Waals surface area contributed by atoms with E-state index in [4.69, 9.17) is 4.52 Å². The molecule has 1 saturated heterocycles. The number of amides is 2. The maximum Gasteiger partial charge on any atom is 0.246 e.